The first kappa shape index (κ1) is 13.4. The number of nitrogens with two attached hydrogens (primary N) is 1. The fourth-order valence-electron chi connectivity index (χ4n) is 2.45. The molecule has 106 valence electrons. The lowest BCUT2D eigenvalue weighted by molar-refractivity contribution is 1.22. The van der Waals surface area contributed by atoms with Crippen molar-refractivity contribution in [1.29, 1.82) is 0 Å². The molecule has 3 rings (SSSR count). The van der Waals surface area contributed by atoms with Gasteiger partial charge in [-0.15, -0.1) is 0 Å². The highest BCUT2D eigenvalue weighted by molar-refractivity contribution is 6.01. The van der Waals surface area contributed by atoms with Crippen molar-refractivity contribution in [3.63, 3.8) is 0 Å². The van der Waals surface area contributed by atoms with E-state index in [0.29, 0.717) is 0 Å². The third kappa shape index (κ3) is 2.55. The smallest absolute Gasteiger partial charge is 0.0466 e. The van der Waals surface area contributed by atoms with Crippen LogP contribution in [0.4, 0.5) is 17.1 Å². The number of benzene rings is 2. The van der Waals surface area contributed by atoms with Crippen molar-refractivity contribution >= 4 is 27.8 Å². The molecule has 3 nitrogen and oxygen atoms in total. The van der Waals surface area contributed by atoms with Gasteiger partial charge in [0.15, 0.2) is 0 Å². The molecule has 21 heavy (non-hydrogen) atoms. The van der Waals surface area contributed by atoms with E-state index in [-0.39, 0.29) is 0 Å². The quantitative estimate of drug-likeness (QED) is 0.679. The fraction of sp³-hybridized carbons (Fsp3) is 0.167. The number of hydrogen-bond acceptors (Lipinski definition) is 3. The van der Waals surface area contributed by atoms with Crippen LogP contribution in [0.2, 0.25) is 0 Å². The summed E-state index contributed by atoms with van der Waals surface area (Å²) < 4.78 is 0. The molecule has 1 aromatic heterocycles. The molecule has 0 aliphatic heterocycles. The normalized spacial score (nSPS) is 10.8. The SMILES string of the molecule is Cc1cc2c(Nc3ccc(C)c(C)c3)ccc(N)c2cn1. The van der Waals surface area contributed by atoms with Gasteiger partial charge in [-0.05, 0) is 62.2 Å². The lowest BCUT2D eigenvalue weighted by atomic mass is 10.1. The summed E-state index contributed by atoms with van der Waals surface area (Å²) in [4.78, 5) is 4.33. The molecule has 0 spiro atoms. The Morgan fingerprint density at radius 3 is 2.48 bits per heavy atom. The molecule has 0 saturated carbocycles. The van der Waals surface area contributed by atoms with Gasteiger partial charge in [0.25, 0.3) is 0 Å². The van der Waals surface area contributed by atoms with E-state index in [0.717, 1.165) is 33.5 Å². The Morgan fingerprint density at radius 1 is 0.905 bits per heavy atom. The highest BCUT2D eigenvalue weighted by Crippen LogP contribution is 2.30. The minimum Gasteiger partial charge on any atom is -0.398 e. The zero-order chi connectivity index (χ0) is 15.0. The summed E-state index contributed by atoms with van der Waals surface area (Å²) in [5.41, 5.74) is 12.5. The number of nitrogens with one attached hydrogen (secondary N) is 1. The molecular weight excluding hydrogens is 258 g/mol. The molecule has 3 N–H and O–H groups in total. The molecule has 0 aliphatic rings. The maximum Gasteiger partial charge on any atom is 0.0466 e. The minimum absolute atomic E-state index is 0.753. The summed E-state index contributed by atoms with van der Waals surface area (Å²) in [6.45, 7) is 6.23. The number of aryl methyl sites for hydroxylation is 3. The van der Waals surface area contributed by atoms with Crippen LogP contribution in [0.3, 0.4) is 0 Å². The Morgan fingerprint density at radius 2 is 1.71 bits per heavy atom. The Balaban J connectivity index is 2.10. The van der Waals surface area contributed by atoms with Gasteiger partial charge in [-0.3, -0.25) is 4.98 Å². The Hall–Kier alpha value is -2.55. The van der Waals surface area contributed by atoms with Crippen LogP contribution in [0.25, 0.3) is 10.8 Å². The first-order valence-electron chi connectivity index (χ1n) is 7.04. The van der Waals surface area contributed by atoms with E-state index >= 15 is 0 Å². The molecular formula is C18H19N3. The van der Waals surface area contributed by atoms with Crippen LogP contribution >= 0.6 is 0 Å². The summed E-state index contributed by atoms with van der Waals surface area (Å²) in [5, 5.41) is 5.56. The third-order valence-corrected chi connectivity index (χ3v) is 3.86. The van der Waals surface area contributed by atoms with Crippen LogP contribution in [0.15, 0.2) is 42.6 Å². The van der Waals surface area contributed by atoms with Crippen LogP contribution in [-0.2, 0) is 0 Å². The van der Waals surface area contributed by atoms with Crippen LogP contribution in [-0.4, -0.2) is 4.98 Å². The highest BCUT2D eigenvalue weighted by Gasteiger charge is 2.06. The van der Waals surface area contributed by atoms with E-state index < -0.39 is 0 Å². The second-order valence-corrected chi connectivity index (χ2v) is 5.50. The molecule has 0 saturated heterocycles. The lowest BCUT2D eigenvalue weighted by Crippen LogP contribution is -1.96. The number of anilines is 3. The maximum atomic E-state index is 6.04. The zero-order valence-electron chi connectivity index (χ0n) is 12.6. The van der Waals surface area contributed by atoms with Gasteiger partial charge in [0.2, 0.25) is 0 Å². The van der Waals surface area contributed by atoms with Gasteiger partial charge in [0.05, 0.1) is 0 Å². The van der Waals surface area contributed by atoms with Crippen molar-refractivity contribution in [2.24, 2.45) is 0 Å². The topological polar surface area (TPSA) is 50.9 Å². The van der Waals surface area contributed by atoms with Crippen molar-refractivity contribution in [3.05, 3.63) is 59.4 Å². The molecule has 0 fully saturated rings. The van der Waals surface area contributed by atoms with Crippen molar-refractivity contribution in [1.82, 2.24) is 4.98 Å². The van der Waals surface area contributed by atoms with E-state index in [1.54, 1.807) is 0 Å². The van der Waals surface area contributed by atoms with Crippen LogP contribution in [0.5, 0.6) is 0 Å². The molecule has 0 amide bonds. The number of nitrogens with zero attached hydrogens (tertiary/aromatic N) is 1. The van der Waals surface area contributed by atoms with Gasteiger partial charge >= 0.3 is 0 Å². The predicted molar refractivity (Wildman–Crippen MR) is 90.1 cm³/mol. The number of aromatic nitrogens is 1. The van der Waals surface area contributed by atoms with Gasteiger partial charge in [0, 0.05) is 39.7 Å². The van der Waals surface area contributed by atoms with Gasteiger partial charge in [-0.1, -0.05) is 6.07 Å². The molecule has 2 aromatic carbocycles. The number of fused-ring (bicyclic) bond motifs is 1. The van der Waals surface area contributed by atoms with Crippen molar-refractivity contribution in [2.75, 3.05) is 11.1 Å². The number of rotatable bonds is 2. The largest absolute Gasteiger partial charge is 0.398 e. The van der Waals surface area contributed by atoms with Crippen LogP contribution in [0.1, 0.15) is 16.8 Å². The minimum atomic E-state index is 0.753. The fourth-order valence-corrected chi connectivity index (χ4v) is 2.45. The Labute approximate surface area is 124 Å². The first-order valence-corrected chi connectivity index (χ1v) is 7.04. The Kier molecular flexibility index (Phi) is 3.26. The van der Waals surface area contributed by atoms with E-state index in [9.17, 15) is 0 Å². The van der Waals surface area contributed by atoms with Crippen molar-refractivity contribution in [2.45, 2.75) is 20.8 Å². The highest BCUT2D eigenvalue weighted by atomic mass is 14.9. The summed E-state index contributed by atoms with van der Waals surface area (Å²) in [5.74, 6) is 0. The number of pyridine rings is 1. The number of nitrogen functional groups attached to an aromatic ring is 1. The lowest BCUT2D eigenvalue weighted by Gasteiger charge is -2.13. The van der Waals surface area contributed by atoms with Gasteiger partial charge in [0.1, 0.15) is 0 Å². The molecule has 3 heteroatoms. The average molecular weight is 277 g/mol. The zero-order valence-corrected chi connectivity index (χ0v) is 12.6. The summed E-state index contributed by atoms with van der Waals surface area (Å²) >= 11 is 0. The average Bonchev–Trinajstić information content (AvgIpc) is 2.46. The second-order valence-electron chi connectivity index (χ2n) is 5.50. The summed E-state index contributed by atoms with van der Waals surface area (Å²) in [6.07, 6.45) is 1.84. The van der Waals surface area contributed by atoms with E-state index in [1.165, 1.54) is 11.1 Å². The standard InChI is InChI=1S/C18H19N3/c1-11-4-5-14(8-12(11)2)21-18-7-6-17(19)16-10-20-13(3)9-15(16)18/h4-10,21H,19H2,1-3H3. The third-order valence-electron chi connectivity index (χ3n) is 3.86. The van der Waals surface area contributed by atoms with Gasteiger partial charge in [-0.25, -0.2) is 0 Å². The molecule has 3 aromatic rings. The number of hydrogen-bond donors (Lipinski definition) is 2. The van der Waals surface area contributed by atoms with E-state index in [1.807, 2.05) is 25.3 Å². The van der Waals surface area contributed by atoms with Crippen LogP contribution in [0, 0.1) is 20.8 Å². The van der Waals surface area contributed by atoms with E-state index in [4.69, 9.17) is 5.73 Å². The second kappa shape index (κ2) is 5.09. The molecule has 0 bridgehead atoms. The summed E-state index contributed by atoms with van der Waals surface area (Å²) in [7, 11) is 0. The predicted octanol–water partition coefficient (Wildman–Crippen LogP) is 4.49. The molecule has 0 unspecified atom stereocenters. The molecule has 0 radical (unpaired) electrons. The van der Waals surface area contributed by atoms with Crippen molar-refractivity contribution in [3.8, 4) is 0 Å². The molecule has 1 heterocycles. The van der Waals surface area contributed by atoms with Gasteiger partial charge in [-0.2, -0.15) is 0 Å². The van der Waals surface area contributed by atoms with Crippen LogP contribution < -0.4 is 11.1 Å². The summed E-state index contributed by atoms with van der Waals surface area (Å²) in [6, 6.07) is 12.4. The molecule has 0 aliphatic carbocycles. The Bertz CT molecular complexity index is 822. The monoisotopic (exact) mass is 277 g/mol. The van der Waals surface area contributed by atoms with E-state index in [2.05, 4.69) is 48.4 Å². The van der Waals surface area contributed by atoms with Crippen molar-refractivity contribution < 1.29 is 0 Å². The van der Waals surface area contributed by atoms with Gasteiger partial charge < -0.3 is 11.1 Å². The molecule has 0 atom stereocenters. The first-order chi connectivity index (χ1) is 10.0. The maximum absolute atomic E-state index is 6.04.